The Morgan fingerprint density at radius 2 is 2.28 bits per heavy atom. The molecule has 0 saturated carbocycles. The molecule has 0 radical (unpaired) electrons. The summed E-state index contributed by atoms with van der Waals surface area (Å²) in [4.78, 5) is 1.84. The number of rotatable bonds is 2. The van der Waals surface area contributed by atoms with Gasteiger partial charge in [-0.05, 0) is 26.0 Å². The summed E-state index contributed by atoms with van der Waals surface area (Å²) in [5.41, 5.74) is 6.20. The molecule has 0 aromatic heterocycles. The third-order valence-corrected chi connectivity index (χ3v) is 3.02. The van der Waals surface area contributed by atoms with E-state index < -0.39 is 5.60 Å². The lowest BCUT2D eigenvalue weighted by atomic mass is 10.0. The molecule has 5 heteroatoms. The molecule has 0 bridgehead atoms. The molecule has 18 heavy (non-hydrogen) atoms. The lowest BCUT2D eigenvalue weighted by molar-refractivity contribution is -0.101. The predicted octanol–water partition coefficient (Wildman–Crippen LogP) is 1.38. The van der Waals surface area contributed by atoms with E-state index in [4.69, 9.17) is 10.5 Å². The first kappa shape index (κ1) is 13.1. The van der Waals surface area contributed by atoms with Crippen molar-refractivity contribution in [2.24, 2.45) is 0 Å². The number of halogens is 1. The number of ether oxygens (including phenoxy) is 1. The van der Waals surface area contributed by atoms with E-state index in [-0.39, 0.29) is 18.5 Å². The largest absolute Gasteiger partial charge is 0.397 e. The molecule has 1 atom stereocenters. The van der Waals surface area contributed by atoms with Gasteiger partial charge in [0, 0.05) is 13.1 Å². The van der Waals surface area contributed by atoms with Crippen molar-refractivity contribution in [3.05, 3.63) is 24.0 Å². The molecule has 1 heterocycles. The Morgan fingerprint density at radius 3 is 2.89 bits per heavy atom. The summed E-state index contributed by atoms with van der Waals surface area (Å²) in [6, 6.07) is 4.65. The summed E-state index contributed by atoms with van der Waals surface area (Å²) >= 11 is 0. The van der Waals surface area contributed by atoms with Crippen molar-refractivity contribution in [3.8, 4) is 0 Å². The van der Waals surface area contributed by atoms with Crippen LogP contribution in [0, 0.1) is 5.82 Å². The van der Waals surface area contributed by atoms with Gasteiger partial charge in [0.15, 0.2) is 0 Å². The number of nitrogens with zero attached hydrogens (tertiary/aromatic N) is 1. The van der Waals surface area contributed by atoms with Crippen molar-refractivity contribution in [3.63, 3.8) is 0 Å². The zero-order valence-electron chi connectivity index (χ0n) is 10.7. The van der Waals surface area contributed by atoms with Crippen LogP contribution in [0.1, 0.15) is 13.8 Å². The minimum Gasteiger partial charge on any atom is -0.397 e. The van der Waals surface area contributed by atoms with E-state index in [2.05, 4.69) is 0 Å². The first-order valence-corrected chi connectivity index (χ1v) is 6.00. The van der Waals surface area contributed by atoms with Crippen LogP contribution in [0.25, 0.3) is 0 Å². The maximum Gasteiger partial charge on any atom is 0.148 e. The van der Waals surface area contributed by atoms with E-state index in [9.17, 15) is 9.50 Å². The lowest BCUT2D eigenvalue weighted by Gasteiger charge is -2.43. The average Bonchev–Trinajstić information content (AvgIpc) is 2.26. The molecule has 3 N–H and O–H groups in total. The molecule has 0 aliphatic carbocycles. The molecule has 100 valence electrons. The van der Waals surface area contributed by atoms with Crippen LogP contribution < -0.4 is 10.6 Å². The van der Waals surface area contributed by atoms with Crippen molar-refractivity contribution in [2.75, 3.05) is 30.3 Å². The van der Waals surface area contributed by atoms with Crippen LogP contribution in [-0.4, -0.2) is 36.5 Å². The SMILES string of the molecule is CC1(C)CN(c2c(N)cccc2F)CC(CO)O1. The summed E-state index contributed by atoms with van der Waals surface area (Å²) < 4.78 is 19.6. The molecular weight excluding hydrogens is 235 g/mol. The zero-order valence-corrected chi connectivity index (χ0v) is 10.7. The second-order valence-electron chi connectivity index (χ2n) is 5.24. The van der Waals surface area contributed by atoms with E-state index in [0.717, 1.165) is 0 Å². The Balaban J connectivity index is 2.32. The molecule has 1 unspecified atom stereocenters. The number of aliphatic hydroxyl groups is 1. The fourth-order valence-corrected chi connectivity index (χ4v) is 2.43. The summed E-state index contributed by atoms with van der Waals surface area (Å²) in [6.07, 6.45) is -0.326. The van der Waals surface area contributed by atoms with Gasteiger partial charge in [-0.2, -0.15) is 0 Å². The Hall–Kier alpha value is -1.33. The number of aliphatic hydroxyl groups excluding tert-OH is 1. The van der Waals surface area contributed by atoms with Crippen LogP contribution in [0.3, 0.4) is 0 Å². The lowest BCUT2D eigenvalue weighted by Crippen LogP contribution is -2.54. The molecule has 1 fully saturated rings. The van der Waals surface area contributed by atoms with Crippen LogP contribution >= 0.6 is 0 Å². The van der Waals surface area contributed by atoms with E-state index >= 15 is 0 Å². The Labute approximate surface area is 106 Å². The number of anilines is 2. The van der Waals surface area contributed by atoms with Crippen LogP contribution in [0.2, 0.25) is 0 Å². The highest BCUT2D eigenvalue weighted by molar-refractivity contribution is 5.68. The molecular formula is C13H19FN2O2. The topological polar surface area (TPSA) is 58.7 Å². The van der Waals surface area contributed by atoms with Crippen LogP contribution in [0.4, 0.5) is 15.8 Å². The van der Waals surface area contributed by atoms with E-state index in [1.165, 1.54) is 6.07 Å². The Kier molecular flexibility index (Phi) is 3.45. The minimum absolute atomic E-state index is 0.0890. The molecule has 1 aromatic rings. The average molecular weight is 254 g/mol. The maximum absolute atomic E-state index is 13.9. The van der Waals surface area contributed by atoms with Gasteiger partial charge in [-0.1, -0.05) is 6.07 Å². The fourth-order valence-electron chi connectivity index (χ4n) is 2.43. The number of hydrogen-bond acceptors (Lipinski definition) is 4. The van der Waals surface area contributed by atoms with E-state index in [1.807, 2.05) is 18.7 Å². The number of para-hydroxylation sites is 1. The minimum atomic E-state index is -0.444. The van der Waals surface area contributed by atoms with Gasteiger partial charge in [-0.25, -0.2) is 4.39 Å². The third-order valence-electron chi connectivity index (χ3n) is 3.02. The van der Waals surface area contributed by atoms with Gasteiger partial charge in [0.2, 0.25) is 0 Å². The first-order chi connectivity index (χ1) is 8.43. The van der Waals surface area contributed by atoms with Gasteiger partial charge < -0.3 is 20.5 Å². The van der Waals surface area contributed by atoms with Crippen LogP contribution in [-0.2, 0) is 4.74 Å². The third kappa shape index (κ3) is 2.57. The number of benzene rings is 1. The van der Waals surface area contributed by atoms with Crippen LogP contribution in [0.15, 0.2) is 18.2 Å². The van der Waals surface area contributed by atoms with Gasteiger partial charge in [-0.15, -0.1) is 0 Å². The normalized spacial score (nSPS) is 23.1. The van der Waals surface area contributed by atoms with Gasteiger partial charge >= 0.3 is 0 Å². The van der Waals surface area contributed by atoms with Crippen molar-refractivity contribution in [1.82, 2.24) is 0 Å². The molecule has 0 amide bonds. The first-order valence-electron chi connectivity index (χ1n) is 6.00. The highest BCUT2D eigenvalue weighted by Crippen LogP contribution is 2.31. The molecule has 0 spiro atoms. The summed E-state index contributed by atoms with van der Waals surface area (Å²) in [5, 5.41) is 9.25. The van der Waals surface area contributed by atoms with Crippen molar-refractivity contribution < 1.29 is 14.2 Å². The van der Waals surface area contributed by atoms with E-state index in [1.54, 1.807) is 12.1 Å². The predicted molar refractivity (Wildman–Crippen MR) is 69.1 cm³/mol. The van der Waals surface area contributed by atoms with Crippen LogP contribution in [0.5, 0.6) is 0 Å². The quantitative estimate of drug-likeness (QED) is 0.783. The second-order valence-corrected chi connectivity index (χ2v) is 5.24. The van der Waals surface area contributed by atoms with Crippen molar-refractivity contribution >= 4 is 11.4 Å². The molecule has 1 aromatic carbocycles. The fraction of sp³-hybridized carbons (Fsp3) is 0.538. The highest BCUT2D eigenvalue weighted by atomic mass is 19.1. The van der Waals surface area contributed by atoms with Gasteiger partial charge in [0.25, 0.3) is 0 Å². The Morgan fingerprint density at radius 1 is 1.56 bits per heavy atom. The number of nitrogen functional groups attached to an aromatic ring is 1. The molecule has 4 nitrogen and oxygen atoms in total. The standard InChI is InChI=1S/C13H19FN2O2/c1-13(2)8-16(6-9(7-17)18-13)12-10(14)4-3-5-11(12)15/h3-5,9,17H,6-8,15H2,1-2H3. The summed E-state index contributed by atoms with van der Waals surface area (Å²) in [5.74, 6) is -0.343. The number of nitrogens with two attached hydrogens (primary N) is 1. The second kappa shape index (κ2) is 4.74. The maximum atomic E-state index is 13.9. The molecule has 1 saturated heterocycles. The molecule has 1 aliphatic heterocycles. The van der Waals surface area contributed by atoms with Gasteiger partial charge in [0.1, 0.15) is 5.82 Å². The van der Waals surface area contributed by atoms with Crippen molar-refractivity contribution in [1.29, 1.82) is 0 Å². The molecule has 1 aliphatic rings. The van der Waals surface area contributed by atoms with E-state index in [0.29, 0.717) is 24.5 Å². The van der Waals surface area contributed by atoms with Gasteiger partial charge in [0.05, 0.1) is 29.7 Å². The summed E-state index contributed by atoms with van der Waals surface area (Å²) in [7, 11) is 0. The summed E-state index contributed by atoms with van der Waals surface area (Å²) in [6.45, 7) is 4.71. The Bertz CT molecular complexity index is 417. The highest BCUT2D eigenvalue weighted by Gasteiger charge is 2.34. The monoisotopic (exact) mass is 254 g/mol. The van der Waals surface area contributed by atoms with Gasteiger partial charge in [-0.3, -0.25) is 0 Å². The van der Waals surface area contributed by atoms with Crippen molar-refractivity contribution in [2.45, 2.75) is 25.6 Å². The smallest absolute Gasteiger partial charge is 0.148 e. The number of morpholine rings is 1. The number of hydrogen-bond donors (Lipinski definition) is 2. The molecule has 2 rings (SSSR count). The zero-order chi connectivity index (χ0) is 13.3.